The van der Waals surface area contributed by atoms with E-state index in [0.717, 1.165) is 12.0 Å². The van der Waals surface area contributed by atoms with Gasteiger partial charge in [-0.1, -0.05) is 29.8 Å². The molecular weight excluding hydrogens is 520 g/mol. The molecule has 1 amide bonds. The summed E-state index contributed by atoms with van der Waals surface area (Å²) in [5.74, 6) is -0.392. The van der Waals surface area contributed by atoms with Crippen molar-refractivity contribution in [3.63, 3.8) is 0 Å². The number of carbonyl (C=O) groups excluding carboxylic acids is 1. The van der Waals surface area contributed by atoms with Crippen molar-refractivity contribution in [2.75, 3.05) is 19.8 Å². The van der Waals surface area contributed by atoms with E-state index in [1.807, 2.05) is 12.2 Å². The van der Waals surface area contributed by atoms with Gasteiger partial charge in [-0.25, -0.2) is 0 Å². The SMILES string of the molecule is Cc1ccc(S(=O)(=O)OCC2OC([C@H](NC(=O)[C@H]3NC[C@@H]4CC=CCO[C@H]43)[C@@H](C)O)C(O)C(O)C2O)cc1. The van der Waals surface area contributed by atoms with Gasteiger partial charge in [0, 0.05) is 12.5 Å². The number of allylic oxidation sites excluding steroid dienone is 1. The second-order valence-electron chi connectivity index (χ2n) is 10.1. The summed E-state index contributed by atoms with van der Waals surface area (Å²) in [6.45, 7) is 3.44. The highest BCUT2D eigenvalue weighted by atomic mass is 32.2. The van der Waals surface area contributed by atoms with E-state index < -0.39 is 77.4 Å². The number of carbonyl (C=O) groups is 1. The molecule has 0 radical (unpaired) electrons. The van der Waals surface area contributed by atoms with E-state index in [0.29, 0.717) is 13.2 Å². The third-order valence-electron chi connectivity index (χ3n) is 7.29. The van der Waals surface area contributed by atoms with E-state index >= 15 is 0 Å². The summed E-state index contributed by atoms with van der Waals surface area (Å²) in [5, 5.41) is 47.9. The molecule has 3 aliphatic rings. The summed E-state index contributed by atoms with van der Waals surface area (Å²) in [6, 6.07) is 4.04. The number of benzene rings is 1. The first-order valence-electron chi connectivity index (χ1n) is 12.6. The van der Waals surface area contributed by atoms with Crippen molar-refractivity contribution in [2.24, 2.45) is 5.92 Å². The molecule has 13 heteroatoms. The Morgan fingerprint density at radius 1 is 1.16 bits per heavy atom. The molecule has 6 N–H and O–H groups in total. The average Bonchev–Trinajstić information content (AvgIpc) is 3.14. The van der Waals surface area contributed by atoms with E-state index in [9.17, 15) is 33.6 Å². The number of ether oxygens (including phenoxy) is 2. The lowest BCUT2D eigenvalue weighted by Gasteiger charge is -2.44. The fourth-order valence-corrected chi connectivity index (χ4v) is 5.97. The van der Waals surface area contributed by atoms with E-state index in [2.05, 4.69) is 10.6 Å². The fraction of sp³-hybridized carbons (Fsp3) is 0.640. The van der Waals surface area contributed by atoms with Crippen LogP contribution in [0.15, 0.2) is 41.3 Å². The van der Waals surface area contributed by atoms with E-state index in [1.54, 1.807) is 19.1 Å². The van der Waals surface area contributed by atoms with Crippen LogP contribution in [0.3, 0.4) is 0 Å². The number of nitrogens with one attached hydrogen (secondary N) is 2. The van der Waals surface area contributed by atoms with Gasteiger partial charge in [-0.05, 0) is 32.4 Å². The number of aliphatic hydroxyl groups is 4. The Hall–Kier alpha value is -1.94. The lowest BCUT2D eigenvalue weighted by atomic mass is 9.89. The molecule has 1 aromatic carbocycles. The van der Waals surface area contributed by atoms with Crippen molar-refractivity contribution < 1.29 is 47.3 Å². The Labute approximate surface area is 221 Å². The summed E-state index contributed by atoms with van der Waals surface area (Å²) in [6.07, 6.45) is -4.90. The van der Waals surface area contributed by atoms with E-state index in [1.165, 1.54) is 19.1 Å². The van der Waals surface area contributed by atoms with Gasteiger partial charge in [0.05, 0.1) is 36.4 Å². The zero-order valence-corrected chi connectivity index (χ0v) is 22.0. The van der Waals surface area contributed by atoms with Crippen molar-refractivity contribution in [3.8, 4) is 0 Å². The van der Waals surface area contributed by atoms with Gasteiger partial charge in [0.1, 0.15) is 36.6 Å². The molecule has 12 nitrogen and oxygen atoms in total. The molecule has 0 aromatic heterocycles. The zero-order valence-electron chi connectivity index (χ0n) is 21.2. The van der Waals surface area contributed by atoms with E-state index in [-0.39, 0.29) is 10.8 Å². The second kappa shape index (κ2) is 12.1. The van der Waals surface area contributed by atoms with E-state index in [4.69, 9.17) is 13.7 Å². The number of hydrogen-bond donors (Lipinski definition) is 6. The summed E-state index contributed by atoms with van der Waals surface area (Å²) in [4.78, 5) is 13.1. The summed E-state index contributed by atoms with van der Waals surface area (Å²) < 4.78 is 41.9. The molecule has 0 bridgehead atoms. The minimum Gasteiger partial charge on any atom is -0.391 e. The molecule has 0 aliphatic carbocycles. The second-order valence-corrected chi connectivity index (χ2v) is 11.7. The number of rotatable bonds is 8. The van der Waals surface area contributed by atoms with Gasteiger partial charge in [-0.3, -0.25) is 8.98 Å². The largest absolute Gasteiger partial charge is 0.391 e. The minimum absolute atomic E-state index is 0.0972. The van der Waals surface area contributed by atoms with Gasteiger partial charge in [0.15, 0.2) is 0 Å². The molecule has 2 fully saturated rings. The molecular formula is C25H36N2O10S. The number of aryl methyl sites for hydroxylation is 1. The van der Waals surface area contributed by atoms with Crippen molar-refractivity contribution >= 4 is 16.0 Å². The van der Waals surface area contributed by atoms with Crippen LogP contribution in [0.2, 0.25) is 0 Å². The first-order chi connectivity index (χ1) is 18.0. The smallest absolute Gasteiger partial charge is 0.297 e. The predicted molar refractivity (Wildman–Crippen MR) is 133 cm³/mol. The lowest BCUT2D eigenvalue weighted by molar-refractivity contribution is -0.238. The molecule has 38 heavy (non-hydrogen) atoms. The zero-order chi connectivity index (χ0) is 27.6. The van der Waals surface area contributed by atoms with Crippen molar-refractivity contribution in [1.29, 1.82) is 0 Å². The molecule has 3 aliphatic heterocycles. The van der Waals surface area contributed by atoms with Crippen LogP contribution >= 0.6 is 0 Å². The highest BCUT2D eigenvalue weighted by Crippen LogP contribution is 2.28. The predicted octanol–water partition coefficient (Wildman–Crippen LogP) is -1.65. The summed E-state index contributed by atoms with van der Waals surface area (Å²) in [7, 11) is -4.21. The van der Waals surface area contributed by atoms with Gasteiger partial charge in [-0.15, -0.1) is 0 Å². The highest BCUT2D eigenvalue weighted by molar-refractivity contribution is 7.86. The third-order valence-corrected chi connectivity index (χ3v) is 8.59. The average molecular weight is 557 g/mol. The molecule has 0 spiro atoms. The maximum atomic E-state index is 13.2. The molecule has 4 rings (SSSR count). The van der Waals surface area contributed by atoms with Crippen LogP contribution in [0, 0.1) is 12.8 Å². The highest BCUT2D eigenvalue weighted by Gasteiger charge is 2.49. The van der Waals surface area contributed by atoms with Crippen molar-refractivity contribution in [1.82, 2.24) is 10.6 Å². The standard InChI is InChI=1S/C25H36N2O10S/c1-13-6-8-16(9-7-13)38(33,34)36-12-17-20(29)21(30)22(31)24(37-17)18(14(2)28)27-25(32)19-23-15(11-26-19)5-3-4-10-35-23/h3-4,6-9,14-15,17-24,26,28-31H,5,10-12H2,1-2H3,(H,27,32)/t14-,15+,17?,18-,19+,20?,21?,22?,23-,24?/m1/s1. The van der Waals surface area contributed by atoms with Crippen LogP contribution in [0.25, 0.3) is 0 Å². The topological polar surface area (TPSA) is 184 Å². The summed E-state index contributed by atoms with van der Waals surface area (Å²) >= 11 is 0. The van der Waals surface area contributed by atoms with Crippen LogP contribution in [0.4, 0.5) is 0 Å². The van der Waals surface area contributed by atoms with Gasteiger partial charge in [0.25, 0.3) is 10.1 Å². The van der Waals surface area contributed by atoms with Gasteiger partial charge >= 0.3 is 0 Å². The van der Waals surface area contributed by atoms with Gasteiger partial charge in [-0.2, -0.15) is 8.42 Å². The van der Waals surface area contributed by atoms with Crippen LogP contribution in [0.1, 0.15) is 18.9 Å². The molecule has 1 aromatic rings. The maximum Gasteiger partial charge on any atom is 0.297 e. The Kier molecular flexibility index (Phi) is 9.22. The number of aliphatic hydroxyl groups excluding tert-OH is 4. The number of fused-ring (bicyclic) bond motifs is 1. The molecule has 2 saturated heterocycles. The monoisotopic (exact) mass is 556 g/mol. The Balaban J connectivity index is 1.45. The molecule has 10 atom stereocenters. The Morgan fingerprint density at radius 2 is 1.87 bits per heavy atom. The van der Waals surface area contributed by atoms with Crippen molar-refractivity contribution in [3.05, 3.63) is 42.0 Å². The summed E-state index contributed by atoms with van der Waals surface area (Å²) in [5.41, 5.74) is 0.853. The Bertz CT molecular complexity index is 1100. The fourth-order valence-electron chi connectivity index (χ4n) is 5.06. The van der Waals surface area contributed by atoms with Crippen LogP contribution in [-0.4, -0.2) is 109 Å². The number of amides is 1. The van der Waals surface area contributed by atoms with Crippen LogP contribution in [-0.2, 0) is 28.6 Å². The number of hydrogen-bond acceptors (Lipinski definition) is 11. The first-order valence-corrected chi connectivity index (χ1v) is 14.0. The quantitative estimate of drug-likeness (QED) is 0.159. The molecule has 212 valence electrons. The van der Waals surface area contributed by atoms with Gasteiger partial charge < -0.3 is 40.5 Å². The maximum absolute atomic E-state index is 13.2. The van der Waals surface area contributed by atoms with Crippen LogP contribution in [0.5, 0.6) is 0 Å². The minimum atomic E-state index is -4.21. The molecule has 3 heterocycles. The normalized spacial score (nSPS) is 35.2. The van der Waals surface area contributed by atoms with Crippen LogP contribution < -0.4 is 10.6 Å². The van der Waals surface area contributed by atoms with Gasteiger partial charge in [0.2, 0.25) is 5.91 Å². The molecule has 0 saturated carbocycles. The lowest BCUT2D eigenvalue weighted by Crippen LogP contribution is -2.67. The molecule has 5 unspecified atom stereocenters. The third kappa shape index (κ3) is 6.27. The Morgan fingerprint density at radius 3 is 2.55 bits per heavy atom. The van der Waals surface area contributed by atoms with Crippen molar-refractivity contribution in [2.45, 2.75) is 80.0 Å². The first kappa shape index (κ1) is 29.1.